The van der Waals surface area contributed by atoms with Crippen LogP contribution in [0.3, 0.4) is 0 Å². The van der Waals surface area contributed by atoms with Crippen molar-refractivity contribution in [3.8, 4) is 0 Å². The second-order valence-electron chi connectivity index (χ2n) is 2.52. The molecule has 3 nitrogen and oxygen atoms in total. The van der Waals surface area contributed by atoms with Gasteiger partial charge in [0.1, 0.15) is 0 Å². The monoisotopic (exact) mass is 144 g/mol. The highest BCUT2D eigenvalue weighted by molar-refractivity contribution is 4.45. The van der Waals surface area contributed by atoms with E-state index in [1.165, 1.54) is 24.3 Å². The highest BCUT2D eigenvalue weighted by Gasteiger charge is 1.92. The summed E-state index contributed by atoms with van der Waals surface area (Å²) in [4.78, 5) is 9.84. The summed E-state index contributed by atoms with van der Waals surface area (Å²) in [6.45, 7) is 2.96. The van der Waals surface area contributed by atoms with Crippen molar-refractivity contribution < 1.29 is 0 Å². The molecule has 0 saturated carbocycles. The summed E-state index contributed by atoms with van der Waals surface area (Å²) in [6, 6.07) is 0. The van der Waals surface area contributed by atoms with Gasteiger partial charge in [0.15, 0.2) is 0 Å². The fraction of sp³-hybridized carbons (Fsp3) is 1.00. The standard InChI is InChI=1S/C7H16N2O/c1-3-4-5-6-7-9(2)8-10/h3-7H2,1-2H3. The molecule has 0 N–H and O–H groups in total. The molecule has 3 heteroatoms. The van der Waals surface area contributed by atoms with Crippen LogP contribution in [-0.2, 0) is 0 Å². The molecule has 10 heavy (non-hydrogen) atoms. The molecule has 60 valence electrons. The Balaban J connectivity index is 2.95. The maximum absolute atomic E-state index is 9.84. The predicted octanol–water partition coefficient (Wildman–Crippen LogP) is 2.18. The SMILES string of the molecule is CCCCCCN(C)N=O. The van der Waals surface area contributed by atoms with Crippen LogP contribution in [0.4, 0.5) is 0 Å². The van der Waals surface area contributed by atoms with Crippen molar-refractivity contribution in [1.82, 2.24) is 5.01 Å². The minimum absolute atomic E-state index is 0.795. The van der Waals surface area contributed by atoms with E-state index in [0.29, 0.717) is 0 Å². The van der Waals surface area contributed by atoms with Crippen LogP contribution in [0.1, 0.15) is 32.6 Å². The van der Waals surface area contributed by atoms with Crippen LogP contribution in [0.25, 0.3) is 0 Å². The van der Waals surface area contributed by atoms with Crippen molar-refractivity contribution in [3.63, 3.8) is 0 Å². The van der Waals surface area contributed by atoms with Gasteiger partial charge in [-0.2, -0.15) is 0 Å². The van der Waals surface area contributed by atoms with Gasteiger partial charge in [-0.3, -0.25) is 5.01 Å². The zero-order valence-electron chi connectivity index (χ0n) is 6.84. The Morgan fingerprint density at radius 2 is 2.00 bits per heavy atom. The molecule has 0 fully saturated rings. The quantitative estimate of drug-likeness (QED) is 0.325. The molecule has 0 aromatic heterocycles. The Kier molecular flexibility index (Phi) is 6.13. The molecular weight excluding hydrogens is 128 g/mol. The van der Waals surface area contributed by atoms with E-state index in [4.69, 9.17) is 0 Å². The lowest BCUT2D eigenvalue weighted by atomic mass is 10.2. The first-order valence-corrected chi connectivity index (χ1v) is 3.85. The zero-order valence-corrected chi connectivity index (χ0v) is 6.84. The van der Waals surface area contributed by atoms with Gasteiger partial charge in [0.2, 0.25) is 0 Å². The smallest absolute Gasteiger partial charge is 0.0521 e. The Hall–Kier alpha value is -0.600. The van der Waals surface area contributed by atoms with Gasteiger partial charge in [-0.25, -0.2) is 0 Å². The number of nitrogens with zero attached hydrogens (tertiary/aromatic N) is 2. The molecule has 0 heterocycles. The van der Waals surface area contributed by atoms with Crippen molar-refractivity contribution in [2.45, 2.75) is 32.6 Å². The highest BCUT2D eigenvalue weighted by Crippen LogP contribution is 1.99. The van der Waals surface area contributed by atoms with Gasteiger partial charge in [0, 0.05) is 13.6 Å². The molecule has 0 unspecified atom stereocenters. The number of unbranched alkanes of at least 4 members (excludes halogenated alkanes) is 3. The average Bonchev–Trinajstić information content (AvgIpc) is 1.98. The summed E-state index contributed by atoms with van der Waals surface area (Å²) in [7, 11) is 1.71. The highest BCUT2D eigenvalue weighted by atomic mass is 16.3. The van der Waals surface area contributed by atoms with Crippen molar-refractivity contribution in [1.29, 1.82) is 0 Å². The van der Waals surface area contributed by atoms with Crippen LogP contribution in [0.5, 0.6) is 0 Å². The molecule has 0 radical (unpaired) electrons. The molecular formula is C7H16N2O. The van der Waals surface area contributed by atoms with Gasteiger partial charge in [0.05, 0.1) is 5.29 Å². The summed E-state index contributed by atoms with van der Waals surface area (Å²) in [6.07, 6.45) is 4.78. The predicted molar refractivity (Wildman–Crippen MR) is 42.6 cm³/mol. The maximum Gasteiger partial charge on any atom is 0.0521 e. The second kappa shape index (κ2) is 6.52. The molecule has 0 aromatic carbocycles. The van der Waals surface area contributed by atoms with Gasteiger partial charge in [-0.15, -0.1) is 4.91 Å². The third-order valence-electron chi connectivity index (χ3n) is 1.47. The van der Waals surface area contributed by atoms with Crippen LogP contribution in [-0.4, -0.2) is 18.6 Å². The largest absolute Gasteiger partial charge is 0.264 e. The van der Waals surface area contributed by atoms with E-state index in [1.807, 2.05) is 0 Å². The first-order valence-electron chi connectivity index (χ1n) is 3.85. The normalized spacial score (nSPS) is 9.40. The van der Waals surface area contributed by atoms with Gasteiger partial charge in [-0.05, 0) is 6.42 Å². The average molecular weight is 144 g/mol. The van der Waals surface area contributed by atoms with Crippen molar-refractivity contribution >= 4 is 0 Å². The topological polar surface area (TPSA) is 32.7 Å². The van der Waals surface area contributed by atoms with E-state index in [0.717, 1.165) is 13.0 Å². The molecule has 0 aliphatic carbocycles. The summed E-state index contributed by atoms with van der Waals surface area (Å²) in [5.74, 6) is 0. The molecule has 0 aliphatic heterocycles. The first kappa shape index (κ1) is 9.40. The lowest BCUT2D eigenvalue weighted by molar-refractivity contribution is 0.338. The van der Waals surface area contributed by atoms with E-state index in [9.17, 15) is 4.91 Å². The van der Waals surface area contributed by atoms with Crippen molar-refractivity contribution in [3.05, 3.63) is 4.91 Å². The van der Waals surface area contributed by atoms with Gasteiger partial charge in [-0.1, -0.05) is 26.2 Å². The van der Waals surface area contributed by atoms with E-state index >= 15 is 0 Å². The van der Waals surface area contributed by atoms with Crippen LogP contribution in [0.15, 0.2) is 5.29 Å². The van der Waals surface area contributed by atoms with Gasteiger partial charge in [0.25, 0.3) is 0 Å². The summed E-state index contributed by atoms with van der Waals surface area (Å²) in [5.41, 5.74) is 0. The molecule has 0 aromatic rings. The minimum Gasteiger partial charge on any atom is -0.264 e. The van der Waals surface area contributed by atoms with E-state index in [1.54, 1.807) is 7.05 Å². The fourth-order valence-electron chi connectivity index (χ4n) is 0.808. The van der Waals surface area contributed by atoms with Gasteiger partial charge >= 0.3 is 0 Å². The first-order chi connectivity index (χ1) is 4.81. The van der Waals surface area contributed by atoms with Crippen LogP contribution < -0.4 is 0 Å². The third-order valence-corrected chi connectivity index (χ3v) is 1.47. The van der Waals surface area contributed by atoms with Crippen LogP contribution in [0, 0.1) is 4.91 Å². The van der Waals surface area contributed by atoms with Gasteiger partial charge < -0.3 is 0 Å². The number of rotatable bonds is 6. The number of nitroso groups, excluding NO2 is 1. The van der Waals surface area contributed by atoms with Crippen molar-refractivity contribution in [2.24, 2.45) is 5.29 Å². The molecule has 0 rings (SSSR count). The Labute approximate surface area is 62.4 Å². The number of hydrogen-bond acceptors (Lipinski definition) is 2. The fourth-order valence-corrected chi connectivity index (χ4v) is 0.808. The molecule has 0 aliphatic rings. The third kappa shape index (κ3) is 5.54. The van der Waals surface area contributed by atoms with Crippen molar-refractivity contribution in [2.75, 3.05) is 13.6 Å². The second-order valence-corrected chi connectivity index (χ2v) is 2.52. The summed E-state index contributed by atoms with van der Waals surface area (Å²) in [5, 5.41) is 4.21. The zero-order chi connectivity index (χ0) is 7.82. The summed E-state index contributed by atoms with van der Waals surface area (Å²) >= 11 is 0. The Morgan fingerprint density at radius 3 is 2.50 bits per heavy atom. The van der Waals surface area contributed by atoms with Crippen LogP contribution in [0.2, 0.25) is 0 Å². The Bertz CT molecular complexity index is 85.7. The molecule has 0 spiro atoms. The van der Waals surface area contributed by atoms with E-state index in [-0.39, 0.29) is 0 Å². The maximum atomic E-state index is 9.84. The summed E-state index contributed by atoms with van der Waals surface area (Å²) < 4.78 is 0. The number of hydrogen-bond donors (Lipinski definition) is 0. The van der Waals surface area contributed by atoms with E-state index < -0.39 is 0 Å². The van der Waals surface area contributed by atoms with E-state index in [2.05, 4.69) is 12.2 Å². The lowest BCUT2D eigenvalue weighted by Crippen LogP contribution is -2.10. The molecule has 0 amide bonds. The van der Waals surface area contributed by atoms with Crippen LogP contribution >= 0.6 is 0 Å². The lowest BCUT2D eigenvalue weighted by Gasteiger charge is -2.06. The molecule has 0 bridgehead atoms. The molecule has 0 atom stereocenters. The Morgan fingerprint density at radius 1 is 1.30 bits per heavy atom. The minimum atomic E-state index is 0.795. The molecule has 0 saturated heterocycles.